The Hall–Kier alpha value is -2.15. The number of methoxy groups -OCH3 is 1. The standard InChI is InChI=1S/C15H18N4O2S/c1-21-13-5-3-12(4-6-13)18-7-2-8-19(10-9-18)15(20)14-11-16-17-22-14/h3-6,11H,2,7-10H2,1H3. The molecular weight excluding hydrogens is 300 g/mol. The van der Waals surface area contributed by atoms with Gasteiger partial charge in [0.05, 0.1) is 13.3 Å². The van der Waals surface area contributed by atoms with Gasteiger partial charge in [-0.1, -0.05) is 4.49 Å². The minimum Gasteiger partial charge on any atom is -0.497 e. The van der Waals surface area contributed by atoms with Crippen LogP contribution in [-0.2, 0) is 0 Å². The van der Waals surface area contributed by atoms with E-state index in [2.05, 4.69) is 26.6 Å². The summed E-state index contributed by atoms with van der Waals surface area (Å²) >= 11 is 1.15. The molecule has 0 atom stereocenters. The Morgan fingerprint density at radius 1 is 1.18 bits per heavy atom. The van der Waals surface area contributed by atoms with Crippen LogP contribution in [0.25, 0.3) is 0 Å². The molecule has 1 aromatic heterocycles. The molecule has 1 saturated heterocycles. The van der Waals surface area contributed by atoms with E-state index in [4.69, 9.17) is 4.74 Å². The number of ether oxygens (including phenoxy) is 1. The zero-order valence-electron chi connectivity index (χ0n) is 12.4. The Bertz CT molecular complexity index is 615. The summed E-state index contributed by atoms with van der Waals surface area (Å²) in [5.74, 6) is 0.889. The van der Waals surface area contributed by atoms with E-state index < -0.39 is 0 Å². The number of hydrogen-bond donors (Lipinski definition) is 0. The minimum atomic E-state index is 0.0339. The molecule has 0 radical (unpaired) electrons. The highest BCUT2D eigenvalue weighted by Crippen LogP contribution is 2.21. The van der Waals surface area contributed by atoms with Gasteiger partial charge in [-0.2, -0.15) is 0 Å². The Balaban J connectivity index is 1.65. The molecule has 1 fully saturated rings. The molecule has 6 nitrogen and oxygen atoms in total. The molecule has 3 rings (SSSR count). The number of hydrogen-bond acceptors (Lipinski definition) is 6. The molecule has 2 aromatic rings. The van der Waals surface area contributed by atoms with Gasteiger partial charge in [-0.25, -0.2) is 0 Å². The smallest absolute Gasteiger partial charge is 0.267 e. The largest absolute Gasteiger partial charge is 0.497 e. The first-order valence-electron chi connectivity index (χ1n) is 7.23. The third-order valence-corrected chi connectivity index (χ3v) is 4.45. The summed E-state index contributed by atoms with van der Waals surface area (Å²) in [4.78, 5) is 17.2. The fourth-order valence-electron chi connectivity index (χ4n) is 2.59. The summed E-state index contributed by atoms with van der Waals surface area (Å²) in [7, 11) is 1.67. The van der Waals surface area contributed by atoms with E-state index in [0.29, 0.717) is 11.4 Å². The maximum atomic E-state index is 12.4. The number of amides is 1. The van der Waals surface area contributed by atoms with Gasteiger partial charge in [0.2, 0.25) is 0 Å². The predicted octanol–water partition coefficient (Wildman–Crippen LogP) is 1.90. The topological polar surface area (TPSA) is 58.6 Å². The Kier molecular flexibility index (Phi) is 4.53. The average molecular weight is 318 g/mol. The maximum Gasteiger partial charge on any atom is 0.267 e. The van der Waals surface area contributed by atoms with Gasteiger partial charge in [0, 0.05) is 31.9 Å². The van der Waals surface area contributed by atoms with Crippen molar-refractivity contribution < 1.29 is 9.53 Å². The number of anilines is 1. The van der Waals surface area contributed by atoms with E-state index in [1.807, 2.05) is 17.0 Å². The van der Waals surface area contributed by atoms with Gasteiger partial charge in [-0.15, -0.1) is 5.10 Å². The van der Waals surface area contributed by atoms with Crippen molar-refractivity contribution in [3.63, 3.8) is 0 Å². The number of rotatable bonds is 3. The molecule has 1 amide bonds. The van der Waals surface area contributed by atoms with Crippen molar-refractivity contribution in [3.8, 4) is 5.75 Å². The summed E-state index contributed by atoms with van der Waals surface area (Å²) in [6, 6.07) is 8.05. The summed E-state index contributed by atoms with van der Waals surface area (Å²) in [5, 5.41) is 3.74. The molecule has 0 saturated carbocycles. The molecule has 22 heavy (non-hydrogen) atoms. The summed E-state index contributed by atoms with van der Waals surface area (Å²) in [5.41, 5.74) is 1.16. The maximum absolute atomic E-state index is 12.4. The molecule has 0 bridgehead atoms. The number of nitrogens with zero attached hydrogens (tertiary/aromatic N) is 4. The van der Waals surface area contributed by atoms with Gasteiger partial charge < -0.3 is 14.5 Å². The lowest BCUT2D eigenvalue weighted by molar-refractivity contribution is 0.0771. The van der Waals surface area contributed by atoms with Crippen molar-refractivity contribution in [2.75, 3.05) is 38.2 Å². The second-order valence-electron chi connectivity index (χ2n) is 5.11. The van der Waals surface area contributed by atoms with Crippen molar-refractivity contribution in [3.05, 3.63) is 35.3 Å². The third kappa shape index (κ3) is 3.19. The number of carbonyl (C=O) groups is 1. The van der Waals surface area contributed by atoms with Gasteiger partial charge in [0.25, 0.3) is 5.91 Å². The highest BCUT2D eigenvalue weighted by molar-refractivity contribution is 7.07. The molecule has 0 aliphatic carbocycles. The fourth-order valence-corrected chi connectivity index (χ4v) is 3.07. The molecule has 1 aliphatic heterocycles. The second-order valence-corrected chi connectivity index (χ2v) is 5.90. The van der Waals surface area contributed by atoms with E-state index in [1.165, 1.54) is 0 Å². The first-order valence-corrected chi connectivity index (χ1v) is 8.01. The quantitative estimate of drug-likeness (QED) is 0.865. The SMILES string of the molecule is COc1ccc(N2CCCN(C(=O)c3cnns3)CC2)cc1. The minimum absolute atomic E-state index is 0.0339. The molecule has 1 aromatic carbocycles. The summed E-state index contributed by atoms with van der Waals surface area (Å²) in [6.07, 6.45) is 2.49. The first kappa shape index (κ1) is 14.8. The van der Waals surface area contributed by atoms with Crippen LogP contribution in [0.15, 0.2) is 30.5 Å². The van der Waals surface area contributed by atoms with Gasteiger partial charge in [-0.05, 0) is 42.2 Å². The summed E-state index contributed by atoms with van der Waals surface area (Å²) in [6.45, 7) is 3.24. The highest BCUT2D eigenvalue weighted by atomic mass is 32.1. The van der Waals surface area contributed by atoms with Crippen LogP contribution in [0.1, 0.15) is 16.1 Å². The van der Waals surface area contributed by atoms with E-state index in [-0.39, 0.29) is 5.91 Å². The van der Waals surface area contributed by atoms with Crippen LogP contribution in [0, 0.1) is 0 Å². The number of aromatic nitrogens is 2. The third-order valence-electron chi connectivity index (χ3n) is 3.79. The Morgan fingerprint density at radius 2 is 2.00 bits per heavy atom. The molecule has 2 heterocycles. The second kappa shape index (κ2) is 6.74. The van der Waals surface area contributed by atoms with Gasteiger partial charge >= 0.3 is 0 Å². The molecule has 116 valence electrons. The Morgan fingerprint density at radius 3 is 2.68 bits per heavy atom. The van der Waals surface area contributed by atoms with E-state index in [9.17, 15) is 4.79 Å². The molecule has 7 heteroatoms. The van der Waals surface area contributed by atoms with Crippen LogP contribution in [-0.4, -0.2) is 53.7 Å². The lowest BCUT2D eigenvalue weighted by atomic mass is 10.2. The van der Waals surface area contributed by atoms with Crippen molar-refractivity contribution >= 4 is 23.1 Å². The predicted molar refractivity (Wildman–Crippen MR) is 85.6 cm³/mol. The Labute approximate surface area is 133 Å². The summed E-state index contributed by atoms with van der Waals surface area (Å²) < 4.78 is 8.95. The van der Waals surface area contributed by atoms with Crippen LogP contribution in [0.5, 0.6) is 5.75 Å². The molecule has 1 aliphatic rings. The zero-order valence-corrected chi connectivity index (χ0v) is 13.3. The lowest BCUT2D eigenvalue weighted by Gasteiger charge is -2.23. The van der Waals surface area contributed by atoms with Crippen molar-refractivity contribution in [1.29, 1.82) is 0 Å². The molecule has 0 spiro atoms. The fraction of sp³-hybridized carbons (Fsp3) is 0.400. The lowest BCUT2D eigenvalue weighted by Crippen LogP contribution is -2.34. The zero-order chi connectivity index (χ0) is 15.4. The molecule has 0 N–H and O–H groups in total. The van der Waals surface area contributed by atoms with E-state index in [1.54, 1.807) is 13.3 Å². The van der Waals surface area contributed by atoms with E-state index in [0.717, 1.165) is 49.0 Å². The van der Waals surface area contributed by atoms with Crippen LogP contribution in [0.2, 0.25) is 0 Å². The van der Waals surface area contributed by atoms with Crippen molar-refractivity contribution in [1.82, 2.24) is 14.5 Å². The normalized spacial score (nSPS) is 15.5. The van der Waals surface area contributed by atoms with Gasteiger partial charge in [0.15, 0.2) is 0 Å². The van der Waals surface area contributed by atoms with Crippen molar-refractivity contribution in [2.24, 2.45) is 0 Å². The first-order chi connectivity index (χ1) is 10.8. The highest BCUT2D eigenvalue weighted by Gasteiger charge is 2.21. The van der Waals surface area contributed by atoms with Crippen molar-refractivity contribution in [2.45, 2.75) is 6.42 Å². The van der Waals surface area contributed by atoms with Crippen LogP contribution in [0.3, 0.4) is 0 Å². The van der Waals surface area contributed by atoms with E-state index >= 15 is 0 Å². The van der Waals surface area contributed by atoms with Gasteiger partial charge in [0.1, 0.15) is 10.6 Å². The number of carbonyl (C=O) groups excluding carboxylic acids is 1. The molecular formula is C15H18N4O2S. The monoisotopic (exact) mass is 318 g/mol. The average Bonchev–Trinajstić information content (AvgIpc) is 2.99. The van der Waals surface area contributed by atoms with Crippen LogP contribution < -0.4 is 9.64 Å². The van der Waals surface area contributed by atoms with Crippen LogP contribution >= 0.6 is 11.5 Å². The van der Waals surface area contributed by atoms with Crippen LogP contribution in [0.4, 0.5) is 5.69 Å². The molecule has 0 unspecified atom stereocenters. The van der Waals surface area contributed by atoms with Gasteiger partial charge in [-0.3, -0.25) is 4.79 Å². The number of benzene rings is 1.